The number of nitrogens with zero attached hydrogens (tertiary/aromatic N) is 2. The fourth-order valence-corrected chi connectivity index (χ4v) is 2.28. The first-order chi connectivity index (χ1) is 12.0. The standard InChI is InChI=1S/C17H24BrF3N4O/c1-5-11(2)24-16(23-10-15(26)25(3)4)22-9-12-6-7-13(18)8-14(12)17(19,20)21/h6-8,11H,5,9-10H2,1-4H3,(H2,22,23,24). The third-order valence-electron chi connectivity index (χ3n) is 3.69. The number of alkyl halides is 3. The Morgan fingerprint density at radius 1 is 1.35 bits per heavy atom. The van der Waals surface area contributed by atoms with Crippen LogP contribution in [0.2, 0.25) is 0 Å². The van der Waals surface area contributed by atoms with E-state index in [4.69, 9.17) is 0 Å². The summed E-state index contributed by atoms with van der Waals surface area (Å²) < 4.78 is 40.0. The van der Waals surface area contributed by atoms with Crippen LogP contribution in [0, 0.1) is 0 Å². The van der Waals surface area contributed by atoms with E-state index in [-0.39, 0.29) is 30.6 Å². The summed E-state index contributed by atoms with van der Waals surface area (Å²) in [6, 6.07) is 4.03. The van der Waals surface area contributed by atoms with Crippen LogP contribution in [-0.2, 0) is 17.5 Å². The predicted molar refractivity (Wildman–Crippen MR) is 99.9 cm³/mol. The Bertz CT molecular complexity index is 647. The van der Waals surface area contributed by atoms with Gasteiger partial charge in [0.25, 0.3) is 0 Å². The van der Waals surface area contributed by atoms with E-state index in [1.165, 1.54) is 11.0 Å². The number of likely N-dealkylation sites (N-methyl/N-ethyl adjacent to an activating group) is 1. The minimum Gasteiger partial charge on any atom is -0.354 e. The number of hydrogen-bond acceptors (Lipinski definition) is 2. The Morgan fingerprint density at radius 2 is 2.00 bits per heavy atom. The summed E-state index contributed by atoms with van der Waals surface area (Å²) in [5.41, 5.74) is -0.673. The Balaban J connectivity index is 3.00. The lowest BCUT2D eigenvalue weighted by molar-refractivity contribution is -0.138. The Morgan fingerprint density at radius 3 is 2.54 bits per heavy atom. The minimum absolute atomic E-state index is 0.00172. The molecule has 0 bridgehead atoms. The summed E-state index contributed by atoms with van der Waals surface area (Å²) in [4.78, 5) is 17.4. The van der Waals surface area contributed by atoms with Crippen molar-refractivity contribution in [3.63, 3.8) is 0 Å². The molecule has 5 nitrogen and oxygen atoms in total. The van der Waals surface area contributed by atoms with Crippen molar-refractivity contribution >= 4 is 27.8 Å². The van der Waals surface area contributed by atoms with Crippen LogP contribution >= 0.6 is 15.9 Å². The second-order valence-corrected chi connectivity index (χ2v) is 6.98. The maximum absolute atomic E-state index is 13.2. The monoisotopic (exact) mass is 436 g/mol. The highest BCUT2D eigenvalue weighted by Gasteiger charge is 2.33. The van der Waals surface area contributed by atoms with E-state index in [2.05, 4.69) is 31.6 Å². The van der Waals surface area contributed by atoms with Crippen LogP contribution < -0.4 is 10.6 Å². The van der Waals surface area contributed by atoms with Crippen LogP contribution in [0.4, 0.5) is 13.2 Å². The molecule has 0 aromatic heterocycles. The van der Waals surface area contributed by atoms with Gasteiger partial charge in [0.1, 0.15) is 0 Å². The zero-order valence-electron chi connectivity index (χ0n) is 15.2. The summed E-state index contributed by atoms with van der Waals surface area (Å²) in [5, 5.41) is 5.94. The van der Waals surface area contributed by atoms with Gasteiger partial charge in [-0.15, -0.1) is 0 Å². The van der Waals surface area contributed by atoms with E-state index in [9.17, 15) is 18.0 Å². The average molecular weight is 437 g/mol. The molecule has 0 saturated carbocycles. The van der Waals surface area contributed by atoms with Crippen LogP contribution in [0.3, 0.4) is 0 Å². The third kappa shape index (κ3) is 7.23. The van der Waals surface area contributed by atoms with Crippen LogP contribution in [0.5, 0.6) is 0 Å². The van der Waals surface area contributed by atoms with Crippen molar-refractivity contribution < 1.29 is 18.0 Å². The lowest BCUT2D eigenvalue weighted by atomic mass is 10.1. The molecule has 0 aliphatic carbocycles. The van der Waals surface area contributed by atoms with Gasteiger partial charge in [0.2, 0.25) is 5.91 Å². The van der Waals surface area contributed by atoms with Crippen molar-refractivity contribution in [1.82, 2.24) is 15.5 Å². The van der Waals surface area contributed by atoms with E-state index >= 15 is 0 Å². The van der Waals surface area contributed by atoms with E-state index < -0.39 is 11.7 Å². The zero-order chi connectivity index (χ0) is 19.9. The van der Waals surface area contributed by atoms with Crippen LogP contribution in [0.1, 0.15) is 31.4 Å². The summed E-state index contributed by atoms with van der Waals surface area (Å²) in [5.74, 6) is 0.133. The molecule has 26 heavy (non-hydrogen) atoms. The number of hydrogen-bond donors (Lipinski definition) is 2. The van der Waals surface area contributed by atoms with Crippen molar-refractivity contribution in [3.05, 3.63) is 33.8 Å². The molecule has 1 aromatic carbocycles. The first kappa shape index (κ1) is 22.3. The van der Waals surface area contributed by atoms with Gasteiger partial charge in [-0.1, -0.05) is 28.9 Å². The number of carbonyl (C=O) groups excluding carboxylic acids is 1. The molecule has 1 aromatic rings. The zero-order valence-corrected chi connectivity index (χ0v) is 16.8. The van der Waals surface area contributed by atoms with Gasteiger partial charge in [0.05, 0.1) is 18.7 Å². The van der Waals surface area contributed by atoms with Gasteiger partial charge in [0, 0.05) is 24.6 Å². The largest absolute Gasteiger partial charge is 0.416 e. The van der Waals surface area contributed by atoms with E-state index in [0.717, 1.165) is 12.5 Å². The maximum atomic E-state index is 13.2. The van der Waals surface area contributed by atoms with Crippen LogP contribution in [0.15, 0.2) is 27.7 Å². The molecule has 1 amide bonds. The molecule has 9 heteroatoms. The van der Waals surface area contributed by atoms with Crippen LogP contribution in [0.25, 0.3) is 0 Å². The fourth-order valence-electron chi connectivity index (χ4n) is 1.92. The van der Waals surface area contributed by atoms with Gasteiger partial charge in [-0.25, -0.2) is 4.99 Å². The summed E-state index contributed by atoms with van der Waals surface area (Å²) in [6.07, 6.45) is -3.67. The highest BCUT2D eigenvalue weighted by atomic mass is 79.9. The average Bonchev–Trinajstić information content (AvgIpc) is 2.56. The molecule has 0 saturated heterocycles. The number of halogens is 4. The third-order valence-corrected chi connectivity index (χ3v) is 4.18. The van der Waals surface area contributed by atoms with Gasteiger partial charge in [-0.2, -0.15) is 13.2 Å². The molecular weight excluding hydrogens is 413 g/mol. The second kappa shape index (κ2) is 9.80. The number of guanidine groups is 1. The number of aliphatic imine (C=N–C) groups is 1. The lowest BCUT2D eigenvalue weighted by Crippen LogP contribution is -2.45. The second-order valence-electron chi connectivity index (χ2n) is 6.06. The highest BCUT2D eigenvalue weighted by Crippen LogP contribution is 2.34. The quantitative estimate of drug-likeness (QED) is 0.530. The smallest absolute Gasteiger partial charge is 0.354 e. The molecule has 0 radical (unpaired) electrons. The van der Waals surface area contributed by atoms with Gasteiger partial charge >= 0.3 is 6.18 Å². The SMILES string of the molecule is CCC(C)NC(=NCc1ccc(Br)cc1C(F)(F)F)NCC(=O)N(C)C. The number of nitrogens with one attached hydrogen (secondary N) is 2. The van der Waals surface area contributed by atoms with Gasteiger partial charge in [-0.05, 0) is 31.0 Å². The molecule has 1 unspecified atom stereocenters. The maximum Gasteiger partial charge on any atom is 0.416 e. The van der Waals surface area contributed by atoms with Crippen molar-refractivity contribution in [2.24, 2.45) is 4.99 Å². The van der Waals surface area contributed by atoms with Crippen molar-refractivity contribution in [1.29, 1.82) is 0 Å². The first-order valence-electron chi connectivity index (χ1n) is 8.15. The summed E-state index contributed by atoms with van der Waals surface area (Å²) in [6.45, 7) is 3.73. The predicted octanol–water partition coefficient (Wildman–Crippen LogP) is 3.39. The Kier molecular flexibility index (Phi) is 8.39. The van der Waals surface area contributed by atoms with Crippen molar-refractivity contribution in [2.75, 3.05) is 20.6 Å². The molecular formula is C17H24BrF3N4O. The van der Waals surface area contributed by atoms with E-state index in [0.29, 0.717) is 10.4 Å². The molecule has 0 fully saturated rings. The van der Waals surface area contributed by atoms with E-state index in [1.54, 1.807) is 20.2 Å². The number of amides is 1. The molecule has 0 spiro atoms. The minimum atomic E-state index is -4.47. The van der Waals surface area contributed by atoms with Crippen LogP contribution in [-0.4, -0.2) is 43.4 Å². The van der Waals surface area contributed by atoms with Crippen molar-refractivity contribution in [2.45, 2.75) is 39.0 Å². The molecule has 0 aliphatic heterocycles. The molecule has 0 aliphatic rings. The number of rotatable bonds is 6. The topological polar surface area (TPSA) is 56.7 Å². The lowest BCUT2D eigenvalue weighted by Gasteiger charge is -2.19. The number of carbonyl (C=O) groups is 1. The summed E-state index contributed by atoms with van der Waals surface area (Å²) in [7, 11) is 3.25. The summed E-state index contributed by atoms with van der Waals surface area (Å²) >= 11 is 3.06. The van der Waals surface area contributed by atoms with Crippen molar-refractivity contribution in [3.8, 4) is 0 Å². The number of benzene rings is 1. The molecule has 1 atom stereocenters. The van der Waals surface area contributed by atoms with Gasteiger partial charge < -0.3 is 15.5 Å². The van der Waals surface area contributed by atoms with E-state index in [1.807, 2.05) is 13.8 Å². The molecule has 2 N–H and O–H groups in total. The first-order valence-corrected chi connectivity index (χ1v) is 8.94. The molecule has 0 heterocycles. The Hall–Kier alpha value is -1.77. The Labute approximate surface area is 160 Å². The normalized spacial score (nSPS) is 13.3. The molecule has 1 rings (SSSR count). The van der Waals surface area contributed by atoms with Gasteiger partial charge in [-0.3, -0.25) is 4.79 Å². The fraction of sp³-hybridized carbons (Fsp3) is 0.529. The van der Waals surface area contributed by atoms with Gasteiger partial charge in [0.15, 0.2) is 5.96 Å². The molecule has 146 valence electrons. The highest BCUT2D eigenvalue weighted by molar-refractivity contribution is 9.10.